The van der Waals surface area contributed by atoms with Crippen molar-refractivity contribution in [3.05, 3.63) is 114 Å². The molecule has 0 aliphatic carbocycles. The van der Waals surface area contributed by atoms with Crippen LogP contribution in [0.25, 0.3) is 6.08 Å². The van der Waals surface area contributed by atoms with Crippen molar-refractivity contribution in [3.8, 4) is 6.07 Å². The lowest BCUT2D eigenvalue weighted by Gasteiger charge is -2.33. The largest absolute Gasteiger partial charge is 0.511 e. The summed E-state index contributed by atoms with van der Waals surface area (Å²) in [5, 5.41) is 8.19. The molecular weight excluding hydrogens is 475 g/mol. The average Bonchev–Trinajstić information content (AvgIpc) is 2.83. The van der Waals surface area contributed by atoms with Gasteiger partial charge in [0.1, 0.15) is 0 Å². The third-order valence-corrected chi connectivity index (χ3v) is 6.08. The molecule has 0 saturated carbocycles. The van der Waals surface area contributed by atoms with Gasteiger partial charge in [0.15, 0.2) is 0 Å². The molecule has 0 saturated heterocycles. The number of benzene rings is 3. The van der Waals surface area contributed by atoms with Gasteiger partial charge in [0.05, 0.1) is 18.2 Å². The van der Waals surface area contributed by atoms with Crippen molar-refractivity contribution in [2.45, 2.75) is 17.6 Å². The number of likely N-dealkylation sites (N-methyl/N-ethyl adjacent to an activating group) is 1. The Balaban J connectivity index is 0.000000360. The van der Waals surface area contributed by atoms with Crippen LogP contribution in [0, 0.1) is 11.3 Å². The number of allylic oxidation sites excluding steroid dienone is 1. The zero-order valence-corrected chi connectivity index (χ0v) is 20.0. The maximum Gasteiger partial charge on any atom is 0.511 e. The van der Waals surface area contributed by atoms with E-state index in [2.05, 4.69) is 0 Å². The Kier molecular flexibility index (Phi) is 10.2. The lowest BCUT2D eigenvalue weighted by atomic mass is 9.93. The number of hydrogen-bond acceptors (Lipinski definition) is 4. The van der Waals surface area contributed by atoms with Gasteiger partial charge in [0.25, 0.3) is 0 Å². The van der Waals surface area contributed by atoms with Crippen LogP contribution in [-0.2, 0) is 10.0 Å². The quantitative estimate of drug-likeness (QED) is 0.422. The minimum absolute atomic E-state index is 0.442. The van der Waals surface area contributed by atoms with Crippen molar-refractivity contribution in [2.24, 2.45) is 0 Å². The summed E-state index contributed by atoms with van der Waals surface area (Å²) in [4.78, 5) is 1.69. The van der Waals surface area contributed by atoms with Crippen LogP contribution in [0.1, 0.15) is 28.8 Å². The number of nitrogens with one attached hydrogen (secondary N) is 1. The Labute approximate surface area is 204 Å². The molecule has 0 radical (unpaired) electrons. The van der Waals surface area contributed by atoms with E-state index in [1.165, 1.54) is 6.08 Å². The van der Waals surface area contributed by atoms with E-state index in [1.54, 1.807) is 85.7 Å². The molecule has 9 heteroatoms. The number of alkyl halides is 3. The van der Waals surface area contributed by atoms with Crippen molar-refractivity contribution in [1.82, 2.24) is 9.62 Å². The highest BCUT2D eigenvalue weighted by Crippen LogP contribution is 2.35. The molecule has 0 bridgehead atoms. The molecule has 35 heavy (non-hydrogen) atoms. The van der Waals surface area contributed by atoms with Gasteiger partial charge in [0, 0.05) is 6.08 Å². The van der Waals surface area contributed by atoms with Gasteiger partial charge >= 0.3 is 15.5 Å². The zero-order valence-electron chi connectivity index (χ0n) is 19.2. The van der Waals surface area contributed by atoms with Crippen LogP contribution in [0.5, 0.6) is 0 Å². The number of nitrogens with zero attached hydrogens (tertiary/aromatic N) is 2. The van der Waals surface area contributed by atoms with Gasteiger partial charge in [-0.1, -0.05) is 91.0 Å². The van der Waals surface area contributed by atoms with Crippen LogP contribution in [0.3, 0.4) is 0 Å². The summed E-state index contributed by atoms with van der Waals surface area (Å²) in [6.07, 6.45) is 3.25. The number of hydrogen-bond donors (Lipinski definition) is 1. The molecular formula is C26H26F3N3O2S. The standard InChI is InChI=1S/C17H19F3N2O2S.C9H7N/c1-22(2)16(14-11-7-4-8-12-14)15(13-9-5-3-6-10-13)21-25(23,24)17(18,19)20;10-8-4-7-9-5-2-1-3-6-9/h3-12,15-16,21H,1-2H3;1-7H/t15-,16-;/m0./s1. The SMILES string of the molecule is CN(C)[C@@H](c1ccccc1)[C@@H](NS(=O)(=O)C(F)(F)F)c1ccccc1.N#CC=Cc1ccccc1. The molecule has 3 rings (SSSR count). The van der Waals surface area contributed by atoms with Crippen molar-refractivity contribution < 1.29 is 21.6 Å². The molecule has 0 heterocycles. The fraction of sp³-hybridized carbons (Fsp3) is 0.192. The van der Waals surface area contributed by atoms with E-state index < -0.39 is 27.6 Å². The third-order valence-electron chi connectivity index (χ3n) is 4.91. The van der Waals surface area contributed by atoms with Crippen molar-refractivity contribution in [2.75, 3.05) is 14.1 Å². The first-order valence-corrected chi connectivity index (χ1v) is 12.0. The molecule has 2 atom stereocenters. The van der Waals surface area contributed by atoms with E-state index in [1.807, 2.05) is 41.1 Å². The predicted octanol–water partition coefficient (Wildman–Crippen LogP) is 5.69. The van der Waals surface area contributed by atoms with E-state index >= 15 is 0 Å². The normalized spacial score (nSPS) is 13.5. The Morgan fingerprint density at radius 3 is 1.74 bits per heavy atom. The van der Waals surface area contributed by atoms with Crippen LogP contribution < -0.4 is 4.72 Å². The fourth-order valence-electron chi connectivity index (χ4n) is 3.35. The highest BCUT2D eigenvalue weighted by Gasteiger charge is 2.48. The number of rotatable bonds is 7. The summed E-state index contributed by atoms with van der Waals surface area (Å²) in [5.41, 5.74) is -3.18. The molecule has 1 N–H and O–H groups in total. The van der Waals surface area contributed by atoms with Gasteiger partial charge in [-0.25, -0.2) is 8.42 Å². The second-order valence-corrected chi connectivity index (χ2v) is 9.35. The van der Waals surface area contributed by atoms with Crippen molar-refractivity contribution >= 4 is 16.1 Å². The van der Waals surface area contributed by atoms with Crippen LogP contribution in [0.4, 0.5) is 13.2 Å². The smallest absolute Gasteiger partial charge is 0.301 e. The summed E-state index contributed by atoms with van der Waals surface area (Å²) in [7, 11) is -2.13. The Morgan fingerprint density at radius 2 is 1.31 bits per heavy atom. The van der Waals surface area contributed by atoms with Crippen molar-refractivity contribution in [1.29, 1.82) is 5.26 Å². The predicted molar refractivity (Wildman–Crippen MR) is 131 cm³/mol. The van der Waals surface area contributed by atoms with Crippen LogP contribution >= 0.6 is 0 Å². The minimum atomic E-state index is -5.51. The van der Waals surface area contributed by atoms with Crippen LogP contribution in [-0.4, -0.2) is 32.9 Å². The molecule has 0 aliphatic heterocycles. The zero-order chi connectivity index (χ0) is 25.9. The summed E-state index contributed by atoms with van der Waals surface area (Å²) in [5.74, 6) is 0. The number of nitriles is 1. The lowest BCUT2D eigenvalue weighted by Crippen LogP contribution is -2.43. The first-order chi connectivity index (χ1) is 16.6. The second-order valence-electron chi connectivity index (χ2n) is 7.65. The van der Waals surface area contributed by atoms with E-state index in [4.69, 9.17) is 5.26 Å². The summed E-state index contributed by atoms with van der Waals surface area (Å²) in [6, 6.07) is 27.0. The van der Waals surface area contributed by atoms with Gasteiger partial charge in [-0.3, -0.25) is 0 Å². The van der Waals surface area contributed by atoms with Gasteiger partial charge in [0.2, 0.25) is 0 Å². The molecule has 184 valence electrons. The Hall–Kier alpha value is -3.45. The highest BCUT2D eigenvalue weighted by atomic mass is 32.2. The van der Waals surface area contributed by atoms with Crippen molar-refractivity contribution in [3.63, 3.8) is 0 Å². The summed E-state index contributed by atoms with van der Waals surface area (Å²) in [6.45, 7) is 0. The third kappa shape index (κ3) is 8.37. The van der Waals surface area contributed by atoms with Crippen LogP contribution in [0.2, 0.25) is 0 Å². The molecule has 0 unspecified atom stereocenters. The van der Waals surface area contributed by atoms with Crippen LogP contribution in [0.15, 0.2) is 97.1 Å². The molecule has 0 aromatic heterocycles. The van der Waals surface area contributed by atoms with E-state index in [9.17, 15) is 21.6 Å². The number of sulfonamides is 1. The second kappa shape index (κ2) is 12.9. The van der Waals surface area contributed by atoms with E-state index in [-0.39, 0.29) is 0 Å². The molecule has 0 amide bonds. The summed E-state index contributed by atoms with van der Waals surface area (Å²) < 4.78 is 64.1. The average molecular weight is 502 g/mol. The molecule has 3 aromatic carbocycles. The van der Waals surface area contributed by atoms with Gasteiger partial charge in [-0.15, -0.1) is 0 Å². The molecule has 0 aliphatic rings. The maximum absolute atomic E-state index is 12.9. The first kappa shape index (κ1) is 27.8. The fourth-order valence-corrected chi connectivity index (χ4v) is 4.08. The lowest BCUT2D eigenvalue weighted by molar-refractivity contribution is -0.0453. The number of halogens is 3. The maximum atomic E-state index is 12.9. The topological polar surface area (TPSA) is 73.2 Å². The van der Waals surface area contributed by atoms with Gasteiger partial charge in [-0.2, -0.15) is 23.2 Å². The Bertz CT molecular complexity index is 1210. The minimum Gasteiger partial charge on any atom is -0.301 e. The summed E-state index contributed by atoms with van der Waals surface area (Å²) >= 11 is 0. The van der Waals surface area contributed by atoms with Gasteiger partial charge < -0.3 is 4.90 Å². The van der Waals surface area contributed by atoms with E-state index in [0.29, 0.717) is 11.1 Å². The monoisotopic (exact) mass is 501 g/mol. The molecule has 0 fully saturated rings. The first-order valence-electron chi connectivity index (χ1n) is 10.5. The highest BCUT2D eigenvalue weighted by molar-refractivity contribution is 7.90. The molecule has 0 spiro atoms. The molecule has 3 aromatic rings. The molecule has 5 nitrogen and oxygen atoms in total. The Morgan fingerprint density at radius 1 is 0.857 bits per heavy atom. The van der Waals surface area contributed by atoms with Gasteiger partial charge in [-0.05, 0) is 36.9 Å². The van der Waals surface area contributed by atoms with E-state index in [0.717, 1.165) is 5.56 Å².